The van der Waals surface area contributed by atoms with Crippen LogP contribution in [-0.4, -0.2) is 30.1 Å². The minimum Gasteiger partial charge on any atom is -0.480 e. The minimum atomic E-state index is -1.01. The molecule has 0 amide bonds. The van der Waals surface area contributed by atoms with Crippen molar-refractivity contribution < 1.29 is 19.4 Å². The van der Waals surface area contributed by atoms with Gasteiger partial charge in [0.25, 0.3) is 0 Å². The van der Waals surface area contributed by atoms with Crippen molar-refractivity contribution in [2.75, 3.05) is 13.1 Å². The number of aliphatic carboxylic acids is 1. The molecule has 0 aromatic heterocycles. The molecular formula is C15H15NO4. The lowest BCUT2D eigenvalue weighted by Gasteiger charge is -2.08. The summed E-state index contributed by atoms with van der Waals surface area (Å²) in [5.74, 6) is -1.48. The first kappa shape index (κ1) is 14.0. The van der Waals surface area contributed by atoms with Crippen molar-refractivity contribution in [2.45, 2.75) is 6.61 Å². The summed E-state index contributed by atoms with van der Waals surface area (Å²) in [5.41, 5.74) is 0.926. The number of carboxylic acid groups (broad SMARTS) is 1. The summed E-state index contributed by atoms with van der Waals surface area (Å²) in [6, 6.07) is 13.7. The molecule has 0 saturated heterocycles. The Morgan fingerprint density at radius 3 is 2.60 bits per heavy atom. The average Bonchev–Trinajstić information content (AvgIpc) is 2.44. The van der Waals surface area contributed by atoms with Crippen LogP contribution in [0.25, 0.3) is 10.8 Å². The van der Waals surface area contributed by atoms with E-state index in [9.17, 15) is 9.59 Å². The molecular weight excluding hydrogens is 258 g/mol. The molecule has 0 saturated carbocycles. The zero-order valence-electron chi connectivity index (χ0n) is 10.8. The number of fused-ring (bicyclic) bond motifs is 1. The van der Waals surface area contributed by atoms with Gasteiger partial charge in [-0.25, -0.2) is 0 Å². The maximum Gasteiger partial charge on any atom is 0.320 e. The molecule has 0 aliphatic heterocycles. The highest BCUT2D eigenvalue weighted by Gasteiger charge is 2.06. The standard InChI is InChI=1S/C15H15NO4/c17-14(18)8-16-9-15(19)20-10-12-6-3-5-11-4-1-2-7-13(11)12/h1-7,16H,8-10H2,(H,17,18). The molecule has 0 aliphatic rings. The van der Waals surface area contributed by atoms with E-state index in [1.54, 1.807) is 0 Å². The maximum atomic E-state index is 11.5. The Hall–Kier alpha value is -2.40. The van der Waals surface area contributed by atoms with Crippen LogP contribution in [0.15, 0.2) is 42.5 Å². The number of nitrogens with one attached hydrogen (secondary N) is 1. The van der Waals surface area contributed by atoms with Crippen LogP contribution >= 0.6 is 0 Å². The molecule has 20 heavy (non-hydrogen) atoms. The van der Waals surface area contributed by atoms with Crippen molar-refractivity contribution in [3.63, 3.8) is 0 Å². The van der Waals surface area contributed by atoms with E-state index in [0.29, 0.717) is 0 Å². The summed E-state index contributed by atoms with van der Waals surface area (Å²) < 4.78 is 5.12. The second-order valence-corrected chi connectivity index (χ2v) is 4.30. The van der Waals surface area contributed by atoms with E-state index in [1.807, 2.05) is 42.5 Å². The van der Waals surface area contributed by atoms with Gasteiger partial charge in [0, 0.05) is 0 Å². The number of benzene rings is 2. The van der Waals surface area contributed by atoms with Gasteiger partial charge in [0.05, 0.1) is 13.1 Å². The van der Waals surface area contributed by atoms with Crippen molar-refractivity contribution >= 4 is 22.7 Å². The summed E-state index contributed by atoms with van der Waals surface area (Å²) in [5, 5.41) is 13.1. The number of carboxylic acids is 1. The zero-order valence-corrected chi connectivity index (χ0v) is 10.8. The monoisotopic (exact) mass is 273 g/mol. The first-order valence-electron chi connectivity index (χ1n) is 6.21. The number of esters is 1. The van der Waals surface area contributed by atoms with Gasteiger partial charge in [-0.2, -0.15) is 0 Å². The fraction of sp³-hybridized carbons (Fsp3) is 0.200. The molecule has 0 heterocycles. The first-order chi connectivity index (χ1) is 9.66. The molecule has 2 aromatic carbocycles. The molecule has 2 aromatic rings. The minimum absolute atomic E-state index is 0.114. The average molecular weight is 273 g/mol. The highest BCUT2D eigenvalue weighted by atomic mass is 16.5. The molecule has 0 bridgehead atoms. The Labute approximate surface area is 116 Å². The van der Waals surface area contributed by atoms with Gasteiger partial charge in [-0.1, -0.05) is 42.5 Å². The van der Waals surface area contributed by atoms with E-state index in [0.717, 1.165) is 16.3 Å². The summed E-state index contributed by atoms with van der Waals surface area (Å²) in [7, 11) is 0. The Balaban J connectivity index is 1.92. The van der Waals surface area contributed by atoms with Crippen LogP contribution in [0.1, 0.15) is 5.56 Å². The number of carbonyl (C=O) groups excluding carboxylic acids is 1. The Morgan fingerprint density at radius 2 is 1.80 bits per heavy atom. The number of rotatable bonds is 6. The van der Waals surface area contributed by atoms with Crippen molar-refractivity contribution in [1.29, 1.82) is 0 Å². The molecule has 0 aliphatic carbocycles. The predicted octanol–water partition coefficient (Wildman–Crippen LogP) is 1.56. The van der Waals surface area contributed by atoms with E-state index < -0.39 is 11.9 Å². The Bertz CT molecular complexity index is 619. The van der Waals surface area contributed by atoms with Crippen LogP contribution in [0.3, 0.4) is 0 Å². The number of hydrogen-bond acceptors (Lipinski definition) is 4. The normalized spacial score (nSPS) is 10.4. The zero-order chi connectivity index (χ0) is 14.4. The SMILES string of the molecule is O=C(O)CNCC(=O)OCc1cccc2ccccc12. The van der Waals surface area contributed by atoms with Gasteiger partial charge in [-0.15, -0.1) is 0 Å². The summed E-state index contributed by atoms with van der Waals surface area (Å²) in [6.07, 6.45) is 0. The van der Waals surface area contributed by atoms with E-state index in [-0.39, 0.29) is 19.7 Å². The second-order valence-electron chi connectivity index (χ2n) is 4.30. The molecule has 2 rings (SSSR count). The van der Waals surface area contributed by atoms with Gasteiger partial charge in [-0.05, 0) is 16.3 Å². The third-order valence-corrected chi connectivity index (χ3v) is 2.81. The smallest absolute Gasteiger partial charge is 0.320 e. The number of hydrogen-bond donors (Lipinski definition) is 2. The molecule has 104 valence electrons. The fourth-order valence-corrected chi connectivity index (χ4v) is 1.90. The number of carbonyl (C=O) groups is 2. The summed E-state index contributed by atoms with van der Waals surface area (Å²) >= 11 is 0. The second kappa shape index (κ2) is 6.68. The largest absolute Gasteiger partial charge is 0.480 e. The highest BCUT2D eigenvalue weighted by Crippen LogP contribution is 2.18. The molecule has 0 spiro atoms. The molecule has 2 N–H and O–H groups in total. The summed E-state index contributed by atoms with van der Waals surface area (Å²) in [6.45, 7) is -0.199. The summed E-state index contributed by atoms with van der Waals surface area (Å²) in [4.78, 5) is 21.7. The van der Waals surface area contributed by atoms with Gasteiger partial charge in [0.15, 0.2) is 0 Å². The predicted molar refractivity (Wildman–Crippen MR) is 74.2 cm³/mol. The lowest BCUT2D eigenvalue weighted by molar-refractivity contribution is -0.144. The van der Waals surface area contributed by atoms with E-state index in [2.05, 4.69) is 5.32 Å². The third kappa shape index (κ3) is 3.80. The van der Waals surface area contributed by atoms with Crippen LogP contribution < -0.4 is 5.32 Å². The lowest BCUT2D eigenvalue weighted by atomic mass is 10.1. The van der Waals surface area contributed by atoms with Crippen LogP contribution in [0.4, 0.5) is 0 Å². The molecule has 0 atom stereocenters. The fourth-order valence-electron chi connectivity index (χ4n) is 1.90. The van der Waals surface area contributed by atoms with Gasteiger partial charge in [-0.3, -0.25) is 14.9 Å². The van der Waals surface area contributed by atoms with Crippen molar-refractivity contribution in [1.82, 2.24) is 5.32 Å². The first-order valence-corrected chi connectivity index (χ1v) is 6.21. The topological polar surface area (TPSA) is 75.6 Å². The van der Waals surface area contributed by atoms with Crippen LogP contribution in [0, 0.1) is 0 Å². The van der Waals surface area contributed by atoms with Gasteiger partial charge in [0.1, 0.15) is 6.61 Å². The van der Waals surface area contributed by atoms with Crippen molar-refractivity contribution in [3.05, 3.63) is 48.0 Å². The Morgan fingerprint density at radius 1 is 1.05 bits per heavy atom. The van der Waals surface area contributed by atoms with Crippen molar-refractivity contribution in [3.8, 4) is 0 Å². The third-order valence-electron chi connectivity index (χ3n) is 2.81. The maximum absolute atomic E-state index is 11.5. The van der Waals surface area contributed by atoms with Crippen LogP contribution in [0.5, 0.6) is 0 Å². The van der Waals surface area contributed by atoms with Crippen LogP contribution in [0.2, 0.25) is 0 Å². The van der Waals surface area contributed by atoms with Crippen molar-refractivity contribution in [2.24, 2.45) is 0 Å². The van der Waals surface area contributed by atoms with E-state index in [1.165, 1.54) is 0 Å². The van der Waals surface area contributed by atoms with Gasteiger partial charge in [0.2, 0.25) is 0 Å². The van der Waals surface area contributed by atoms with E-state index in [4.69, 9.17) is 9.84 Å². The number of ether oxygens (including phenoxy) is 1. The lowest BCUT2D eigenvalue weighted by Crippen LogP contribution is -2.29. The molecule has 5 nitrogen and oxygen atoms in total. The van der Waals surface area contributed by atoms with Gasteiger partial charge >= 0.3 is 11.9 Å². The quantitative estimate of drug-likeness (QED) is 0.781. The van der Waals surface area contributed by atoms with Gasteiger partial charge < -0.3 is 9.84 Å². The van der Waals surface area contributed by atoms with Crippen LogP contribution in [-0.2, 0) is 20.9 Å². The molecule has 0 fully saturated rings. The molecule has 0 radical (unpaired) electrons. The highest BCUT2D eigenvalue weighted by molar-refractivity contribution is 5.85. The molecule has 5 heteroatoms. The Kier molecular flexibility index (Phi) is 4.68. The van der Waals surface area contributed by atoms with E-state index >= 15 is 0 Å². The molecule has 0 unspecified atom stereocenters.